The van der Waals surface area contributed by atoms with E-state index in [2.05, 4.69) is 10.2 Å². The lowest BCUT2D eigenvalue weighted by molar-refractivity contribution is 0.101. The molecule has 1 N–H and O–H groups in total. The van der Waals surface area contributed by atoms with Crippen LogP contribution in [-0.4, -0.2) is 26.3 Å². The van der Waals surface area contributed by atoms with E-state index >= 15 is 0 Å². The van der Waals surface area contributed by atoms with E-state index in [1.807, 2.05) is 0 Å². The highest BCUT2D eigenvalue weighted by atomic mass is 32.2. The van der Waals surface area contributed by atoms with Gasteiger partial charge in [0.2, 0.25) is 0 Å². The molecule has 0 aliphatic heterocycles. The van der Waals surface area contributed by atoms with Crippen molar-refractivity contribution in [1.82, 2.24) is 14.8 Å². The van der Waals surface area contributed by atoms with E-state index in [-0.39, 0.29) is 11.8 Å². The Morgan fingerprint density at radius 3 is 2.57 bits per heavy atom. The first kappa shape index (κ1) is 15.4. The minimum absolute atomic E-state index is 0.140. The van der Waals surface area contributed by atoms with Crippen molar-refractivity contribution in [3.8, 4) is 0 Å². The van der Waals surface area contributed by atoms with Crippen molar-refractivity contribution in [2.75, 3.05) is 5.75 Å². The quantitative estimate of drug-likeness (QED) is 0.680. The largest absolute Gasteiger partial charge is 0.344 e. The third kappa shape index (κ3) is 3.21. The van der Waals surface area contributed by atoms with Crippen LogP contribution >= 0.6 is 11.8 Å². The summed E-state index contributed by atoms with van der Waals surface area (Å²) in [7, 11) is 0. The number of hydrogen-bond donors (Lipinski definition) is 1. The van der Waals surface area contributed by atoms with E-state index in [9.17, 15) is 18.4 Å². The van der Waals surface area contributed by atoms with Gasteiger partial charge in [-0.2, -0.15) is 0 Å². The molecule has 2 rings (SSSR count). The Labute approximate surface area is 123 Å². The van der Waals surface area contributed by atoms with Crippen LogP contribution < -0.4 is 5.69 Å². The molecule has 0 amide bonds. The second-order valence-corrected chi connectivity index (χ2v) is 5.53. The summed E-state index contributed by atoms with van der Waals surface area (Å²) in [6.45, 7) is 3.58. The zero-order valence-electron chi connectivity index (χ0n) is 11.4. The average molecular weight is 313 g/mol. The van der Waals surface area contributed by atoms with Crippen molar-refractivity contribution in [1.29, 1.82) is 0 Å². The van der Waals surface area contributed by atoms with E-state index in [1.165, 1.54) is 10.6 Å². The van der Waals surface area contributed by atoms with Gasteiger partial charge in [0.05, 0.1) is 11.3 Å². The zero-order chi connectivity index (χ0) is 15.6. The van der Waals surface area contributed by atoms with Crippen molar-refractivity contribution in [3.63, 3.8) is 0 Å². The van der Waals surface area contributed by atoms with Gasteiger partial charge in [-0.1, -0.05) is 17.8 Å². The van der Waals surface area contributed by atoms with Gasteiger partial charge in [0.1, 0.15) is 11.6 Å². The van der Waals surface area contributed by atoms with Gasteiger partial charge in [0.25, 0.3) is 0 Å². The number of nitrogens with zero attached hydrogens (tertiary/aromatic N) is 2. The molecule has 0 aliphatic rings. The first-order chi connectivity index (χ1) is 9.91. The molecule has 0 fully saturated rings. The number of Topliss-reactive ketones (excluding diaryl/α,β-unsaturated/α-hetero) is 1. The summed E-state index contributed by atoms with van der Waals surface area (Å²) in [6.07, 6.45) is 0. The molecule has 1 aromatic heterocycles. The van der Waals surface area contributed by atoms with E-state index in [0.717, 1.165) is 23.9 Å². The lowest BCUT2D eigenvalue weighted by Crippen LogP contribution is -2.19. The van der Waals surface area contributed by atoms with Gasteiger partial charge < -0.3 is 0 Å². The monoisotopic (exact) mass is 313 g/mol. The number of halogens is 2. The molecule has 0 aliphatic carbocycles. The topological polar surface area (TPSA) is 67.8 Å². The molecule has 21 heavy (non-hydrogen) atoms. The molecule has 8 heteroatoms. The third-order valence-corrected chi connectivity index (χ3v) is 3.72. The Kier molecular flexibility index (Phi) is 4.56. The summed E-state index contributed by atoms with van der Waals surface area (Å²) in [6, 6.07) is 3.11. The summed E-state index contributed by atoms with van der Waals surface area (Å²) in [5, 5.41) is 6.38. The van der Waals surface area contributed by atoms with Gasteiger partial charge in [0.15, 0.2) is 10.9 Å². The summed E-state index contributed by atoms with van der Waals surface area (Å²) in [5.41, 5.74) is -0.962. The number of carbonyl (C=O) groups is 1. The van der Waals surface area contributed by atoms with Crippen LogP contribution in [0.1, 0.15) is 30.2 Å². The number of hydrogen-bond acceptors (Lipinski definition) is 4. The van der Waals surface area contributed by atoms with Crippen LogP contribution in [0.5, 0.6) is 0 Å². The molecule has 0 radical (unpaired) electrons. The van der Waals surface area contributed by atoms with Crippen LogP contribution in [0.25, 0.3) is 0 Å². The Hall–Kier alpha value is -1.96. The number of aromatic amines is 1. The van der Waals surface area contributed by atoms with E-state index < -0.39 is 28.7 Å². The molecular formula is C13H13F2N3O2S. The fourth-order valence-electron chi connectivity index (χ4n) is 1.81. The van der Waals surface area contributed by atoms with Gasteiger partial charge >= 0.3 is 5.69 Å². The van der Waals surface area contributed by atoms with Crippen LogP contribution in [0.3, 0.4) is 0 Å². The smallest absolute Gasteiger partial charge is 0.293 e. The standard InChI is InChI=1S/C13H13F2N3O2S/c1-7(2)18-12(20)16-17-13(18)21-6-10(19)11-8(14)4-3-5-9(11)15/h3-5,7H,6H2,1-2H3,(H,16,20). The average Bonchev–Trinajstić information content (AvgIpc) is 2.77. The number of carbonyl (C=O) groups excluding carboxylic acids is 1. The van der Waals surface area contributed by atoms with Gasteiger partial charge in [-0.25, -0.2) is 18.7 Å². The first-order valence-corrected chi connectivity index (χ1v) is 7.17. The van der Waals surface area contributed by atoms with E-state index in [4.69, 9.17) is 0 Å². The van der Waals surface area contributed by atoms with Crippen molar-refractivity contribution < 1.29 is 13.6 Å². The van der Waals surface area contributed by atoms with Crippen LogP contribution in [0.2, 0.25) is 0 Å². The Bertz CT molecular complexity index is 704. The second kappa shape index (κ2) is 6.21. The maximum Gasteiger partial charge on any atom is 0.344 e. The fraction of sp³-hybridized carbons (Fsp3) is 0.308. The predicted octanol–water partition coefficient (Wildman–Crippen LogP) is 2.41. The normalized spacial score (nSPS) is 11.1. The number of H-pyrrole nitrogens is 1. The van der Waals surface area contributed by atoms with Crippen LogP contribution in [0, 0.1) is 11.6 Å². The summed E-state index contributed by atoms with van der Waals surface area (Å²) in [4.78, 5) is 23.5. The highest BCUT2D eigenvalue weighted by Crippen LogP contribution is 2.20. The van der Waals surface area contributed by atoms with Gasteiger partial charge in [-0.3, -0.25) is 9.36 Å². The molecule has 0 bridgehead atoms. The maximum absolute atomic E-state index is 13.5. The Balaban J connectivity index is 2.17. The van der Waals surface area contributed by atoms with Gasteiger partial charge in [-0.05, 0) is 26.0 Å². The van der Waals surface area contributed by atoms with Crippen molar-refractivity contribution in [3.05, 3.63) is 45.9 Å². The van der Waals surface area contributed by atoms with Crippen molar-refractivity contribution in [2.45, 2.75) is 25.0 Å². The lowest BCUT2D eigenvalue weighted by atomic mass is 10.1. The SMILES string of the molecule is CC(C)n1c(SCC(=O)c2c(F)cccc2F)n[nH]c1=O. The molecule has 0 saturated heterocycles. The van der Waals surface area contributed by atoms with Crippen LogP contribution in [0.15, 0.2) is 28.2 Å². The molecule has 1 aromatic carbocycles. The van der Waals surface area contributed by atoms with E-state index in [0.29, 0.717) is 5.16 Å². The molecular weight excluding hydrogens is 300 g/mol. The molecule has 2 aromatic rings. The van der Waals surface area contributed by atoms with Gasteiger partial charge in [-0.15, -0.1) is 5.10 Å². The first-order valence-electron chi connectivity index (χ1n) is 6.18. The number of thioether (sulfide) groups is 1. The number of benzene rings is 1. The third-order valence-electron chi connectivity index (χ3n) is 2.76. The number of ketones is 1. The molecule has 5 nitrogen and oxygen atoms in total. The molecule has 0 spiro atoms. The Morgan fingerprint density at radius 2 is 2.00 bits per heavy atom. The molecule has 1 heterocycles. The van der Waals surface area contributed by atoms with E-state index in [1.54, 1.807) is 13.8 Å². The zero-order valence-corrected chi connectivity index (χ0v) is 12.2. The van der Waals surface area contributed by atoms with Crippen molar-refractivity contribution in [2.24, 2.45) is 0 Å². The number of nitrogens with one attached hydrogen (secondary N) is 1. The second-order valence-electron chi connectivity index (χ2n) is 4.58. The summed E-state index contributed by atoms with van der Waals surface area (Å²) in [5.74, 6) is -2.70. The maximum atomic E-state index is 13.5. The molecule has 0 atom stereocenters. The summed E-state index contributed by atoms with van der Waals surface area (Å²) < 4.78 is 28.4. The number of rotatable bonds is 5. The molecule has 112 valence electrons. The molecule has 0 saturated carbocycles. The molecule has 0 unspecified atom stereocenters. The minimum Gasteiger partial charge on any atom is -0.293 e. The number of aromatic nitrogens is 3. The minimum atomic E-state index is -0.899. The lowest BCUT2D eigenvalue weighted by Gasteiger charge is -2.08. The highest BCUT2D eigenvalue weighted by Gasteiger charge is 2.19. The highest BCUT2D eigenvalue weighted by molar-refractivity contribution is 7.99. The van der Waals surface area contributed by atoms with Crippen LogP contribution in [0.4, 0.5) is 8.78 Å². The van der Waals surface area contributed by atoms with Gasteiger partial charge in [0, 0.05) is 6.04 Å². The van der Waals surface area contributed by atoms with Crippen LogP contribution in [-0.2, 0) is 0 Å². The van der Waals surface area contributed by atoms with Crippen molar-refractivity contribution >= 4 is 17.5 Å². The predicted molar refractivity (Wildman–Crippen MR) is 74.6 cm³/mol. The Morgan fingerprint density at radius 1 is 1.38 bits per heavy atom. The fourth-order valence-corrected chi connectivity index (χ4v) is 2.76. The summed E-state index contributed by atoms with van der Waals surface area (Å²) >= 11 is 0.954.